The molecule has 1 aliphatic heterocycles. The van der Waals surface area contributed by atoms with Crippen LogP contribution >= 0.6 is 11.3 Å². The van der Waals surface area contributed by atoms with Gasteiger partial charge in [-0.2, -0.15) is 0 Å². The normalized spacial score (nSPS) is 25.7. The molecule has 0 radical (unpaired) electrons. The highest BCUT2D eigenvalue weighted by Gasteiger charge is 2.19. The van der Waals surface area contributed by atoms with Crippen LogP contribution in [0.2, 0.25) is 0 Å². The lowest BCUT2D eigenvalue weighted by Gasteiger charge is -2.28. The van der Waals surface area contributed by atoms with Crippen LogP contribution in [0, 0.1) is 13.8 Å². The van der Waals surface area contributed by atoms with Crippen molar-refractivity contribution in [2.24, 2.45) is 0 Å². The number of aromatic nitrogens is 1. The molecule has 1 aliphatic rings. The van der Waals surface area contributed by atoms with Crippen molar-refractivity contribution in [1.29, 1.82) is 0 Å². The lowest BCUT2D eigenvalue weighted by Crippen LogP contribution is -2.45. The molecule has 2 rings (SSSR count). The van der Waals surface area contributed by atoms with E-state index in [4.69, 9.17) is 9.47 Å². The molecular weight excluding hydrogens is 224 g/mol. The van der Waals surface area contributed by atoms with E-state index in [1.54, 1.807) is 11.3 Å². The van der Waals surface area contributed by atoms with E-state index >= 15 is 0 Å². The highest BCUT2D eigenvalue weighted by molar-refractivity contribution is 7.13. The molecule has 2 atom stereocenters. The van der Waals surface area contributed by atoms with Gasteiger partial charge in [-0.1, -0.05) is 11.3 Å². The topological polar surface area (TPSA) is 43.4 Å². The number of nitrogens with zero attached hydrogens (tertiary/aromatic N) is 1. The molecule has 0 aliphatic carbocycles. The van der Waals surface area contributed by atoms with E-state index in [-0.39, 0.29) is 12.2 Å². The van der Waals surface area contributed by atoms with Gasteiger partial charge in [-0.15, -0.1) is 0 Å². The molecule has 1 N–H and O–H groups in total. The van der Waals surface area contributed by atoms with E-state index in [0.29, 0.717) is 6.61 Å². The molecule has 0 spiro atoms. The van der Waals surface area contributed by atoms with Gasteiger partial charge in [0, 0.05) is 18.0 Å². The second-order valence-electron chi connectivity index (χ2n) is 4.16. The third-order valence-corrected chi connectivity index (χ3v) is 3.62. The quantitative estimate of drug-likeness (QED) is 0.872. The predicted molar refractivity (Wildman–Crippen MR) is 64.3 cm³/mol. The summed E-state index contributed by atoms with van der Waals surface area (Å²) in [5.74, 6) is 0. The van der Waals surface area contributed by atoms with Gasteiger partial charge < -0.3 is 14.8 Å². The van der Waals surface area contributed by atoms with E-state index < -0.39 is 0 Å². The Hall–Kier alpha value is -0.650. The number of thiazole rings is 1. The summed E-state index contributed by atoms with van der Waals surface area (Å²) in [6.07, 6.45) is 0.398. The van der Waals surface area contributed by atoms with Crippen LogP contribution in [-0.4, -0.2) is 36.9 Å². The first-order valence-corrected chi connectivity index (χ1v) is 6.40. The van der Waals surface area contributed by atoms with Crippen LogP contribution in [0.15, 0.2) is 0 Å². The number of nitrogens with one attached hydrogen (secondary N) is 1. The smallest absolute Gasteiger partial charge is 0.273 e. The zero-order valence-electron chi connectivity index (χ0n) is 9.95. The van der Waals surface area contributed by atoms with E-state index in [1.807, 2.05) is 6.92 Å². The SMILES string of the molecule is Cc1nc(OCC2CNCC(C)O2)sc1C. The first kappa shape index (κ1) is 11.8. The second kappa shape index (κ2) is 5.12. The lowest BCUT2D eigenvalue weighted by atomic mass is 10.2. The van der Waals surface area contributed by atoms with Gasteiger partial charge in [0.1, 0.15) is 12.7 Å². The van der Waals surface area contributed by atoms with Crippen LogP contribution < -0.4 is 10.1 Å². The maximum Gasteiger partial charge on any atom is 0.273 e. The number of ether oxygens (including phenoxy) is 2. The molecule has 0 bridgehead atoms. The Balaban J connectivity index is 1.82. The fourth-order valence-electron chi connectivity index (χ4n) is 1.64. The lowest BCUT2D eigenvalue weighted by molar-refractivity contribution is -0.0470. The van der Waals surface area contributed by atoms with Crippen LogP contribution in [0.1, 0.15) is 17.5 Å². The Kier molecular flexibility index (Phi) is 3.78. The number of morpholine rings is 1. The third-order valence-electron chi connectivity index (χ3n) is 2.63. The average molecular weight is 242 g/mol. The summed E-state index contributed by atoms with van der Waals surface area (Å²) in [6, 6.07) is 0. The molecule has 1 aromatic rings. The first-order valence-electron chi connectivity index (χ1n) is 5.58. The number of aryl methyl sites for hydroxylation is 2. The number of rotatable bonds is 3. The maximum absolute atomic E-state index is 5.73. The van der Waals surface area contributed by atoms with Crippen molar-refractivity contribution in [2.45, 2.75) is 33.0 Å². The molecule has 1 aromatic heterocycles. The van der Waals surface area contributed by atoms with Gasteiger partial charge in [0.15, 0.2) is 0 Å². The number of hydrogen-bond donors (Lipinski definition) is 1. The second-order valence-corrected chi connectivity index (χ2v) is 5.33. The molecule has 1 fully saturated rings. The summed E-state index contributed by atoms with van der Waals surface area (Å²) in [5, 5.41) is 4.06. The molecule has 2 unspecified atom stereocenters. The molecule has 16 heavy (non-hydrogen) atoms. The average Bonchev–Trinajstić information content (AvgIpc) is 2.56. The first-order chi connectivity index (χ1) is 7.65. The monoisotopic (exact) mass is 242 g/mol. The molecule has 0 amide bonds. The van der Waals surface area contributed by atoms with Crippen LogP contribution in [0.4, 0.5) is 0 Å². The van der Waals surface area contributed by atoms with Gasteiger partial charge >= 0.3 is 0 Å². The van der Waals surface area contributed by atoms with Crippen LogP contribution in [-0.2, 0) is 4.74 Å². The Bertz CT molecular complexity index is 334. The minimum Gasteiger partial charge on any atom is -0.467 e. The molecule has 5 heteroatoms. The minimum atomic E-state index is 0.133. The fourth-order valence-corrected chi connectivity index (χ4v) is 2.40. The van der Waals surface area contributed by atoms with E-state index in [0.717, 1.165) is 24.0 Å². The number of hydrogen-bond acceptors (Lipinski definition) is 5. The standard InChI is InChI=1S/C11H18N2O2S/c1-7-4-12-5-10(15-7)6-14-11-13-8(2)9(3)16-11/h7,10,12H,4-6H2,1-3H3. The van der Waals surface area contributed by atoms with E-state index in [1.165, 1.54) is 4.88 Å². The van der Waals surface area contributed by atoms with Crippen molar-refractivity contribution in [2.75, 3.05) is 19.7 Å². The largest absolute Gasteiger partial charge is 0.467 e. The van der Waals surface area contributed by atoms with Crippen molar-refractivity contribution in [3.05, 3.63) is 10.6 Å². The molecule has 1 saturated heterocycles. The van der Waals surface area contributed by atoms with Gasteiger partial charge in [0.2, 0.25) is 0 Å². The van der Waals surface area contributed by atoms with E-state index in [2.05, 4.69) is 24.1 Å². The summed E-state index contributed by atoms with van der Waals surface area (Å²) >= 11 is 1.59. The van der Waals surface area contributed by atoms with Gasteiger partial charge in [-0.3, -0.25) is 0 Å². The van der Waals surface area contributed by atoms with Gasteiger partial charge in [0.25, 0.3) is 5.19 Å². The van der Waals surface area contributed by atoms with Crippen molar-refractivity contribution in [3.8, 4) is 5.19 Å². The van der Waals surface area contributed by atoms with Gasteiger partial charge in [-0.05, 0) is 20.8 Å². The van der Waals surface area contributed by atoms with Crippen molar-refractivity contribution in [1.82, 2.24) is 10.3 Å². The maximum atomic E-state index is 5.73. The fraction of sp³-hybridized carbons (Fsp3) is 0.727. The molecular formula is C11H18N2O2S. The molecule has 2 heterocycles. The molecule has 4 nitrogen and oxygen atoms in total. The predicted octanol–water partition coefficient (Wildman–Crippen LogP) is 1.52. The minimum absolute atomic E-state index is 0.133. The van der Waals surface area contributed by atoms with Crippen LogP contribution in [0.25, 0.3) is 0 Å². The zero-order chi connectivity index (χ0) is 11.5. The summed E-state index contributed by atoms with van der Waals surface area (Å²) < 4.78 is 11.4. The summed E-state index contributed by atoms with van der Waals surface area (Å²) in [7, 11) is 0. The zero-order valence-corrected chi connectivity index (χ0v) is 10.8. The van der Waals surface area contributed by atoms with Gasteiger partial charge in [-0.25, -0.2) is 4.98 Å². The van der Waals surface area contributed by atoms with Crippen molar-refractivity contribution in [3.63, 3.8) is 0 Å². The highest BCUT2D eigenvalue weighted by atomic mass is 32.1. The summed E-state index contributed by atoms with van der Waals surface area (Å²) in [5.41, 5.74) is 1.05. The van der Waals surface area contributed by atoms with E-state index in [9.17, 15) is 0 Å². The van der Waals surface area contributed by atoms with Crippen LogP contribution in [0.3, 0.4) is 0 Å². The molecule has 90 valence electrons. The van der Waals surface area contributed by atoms with Gasteiger partial charge in [0.05, 0.1) is 11.8 Å². The third kappa shape index (κ3) is 2.93. The Morgan fingerprint density at radius 3 is 2.94 bits per heavy atom. The highest BCUT2D eigenvalue weighted by Crippen LogP contribution is 2.23. The van der Waals surface area contributed by atoms with Crippen molar-refractivity contribution >= 4 is 11.3 Å². The van der Waals surface area contributed by atoms with Crippen molar-refractivity contribution < 1.29 is 9.47 Å². The Labute approximate surface area is 100.0 Å². The summed E-state index contributed by atoms with van der Waals surface area (Å²) in [4.78, 5) is 5.55. The summed E-state index contributed by atoms with van der Waals surface area (Å²) in [6.45, 7) is 8.47. The van der Waals surface area contributed by atoms with Crippen LogP contribution in [0.5, 0.6) is 5.19 Å². The Morgan fingerprint density at radius 1 is 1.50 bits per heavy atom. The molecule has 0 aromatic carbocycles. The Morgan fingerprint density at radius 2 is 2.31 bits per heavy atom. The molecule has 0 saturated carbocycles.